The summed E-state index contributed by atoms with van der Waals surface area (Å²) in [6.45, 7) is 3.99. The Balaban J connectivity index is 2.15. The quantitative estimate of drug-likeness (QED) is 0.316. The Morgan fingerprint density at radius 1 is 1.17 bits per heavy atom. The molecule has 2 aromatic rings. The molecule has 0 bridgehead atoms. The predicted octanol–water partition coefficient (Wildman–Crippen LogP) is 2.92. The summed E-state index contributed by atoms with van der Waals surface area (Å²) in [5, 5.41) is 6.44. The molecule has 2 N–H and O–H groups in total. The van der Waals surface area contributed by atoms with Crippen molar-refractivity contribution in [2.24, 2.45) is 0 Å². The van der Waals surface area contributed by atoms with Crippen molar-refractivity contribution in [2.75, 3.05) is 13.7 Å². The zero-order chi connectivity index (χ0) is 20.8. The molecule has 1 atom stereocenters. The Morgan fingerprint density at radius 3 is 2.62 bits per heavy atom. The minimum Gasteiger partial charge on any atom is -0.490 e. The van der Waals surface area contributed by atoms with E-state index in [0.29, 0.717) is 23.2 Å². The second kappa shape index (κ2) is 9.16. The molecule has 0 spiro atoms. The second-order valence-electron chi connectivity index (χ2n) is 6.18. The minimum absolute atomic E-state index is 0.220. The third kappa shape index (κ3) is 4.52. The van der Waals surface area contributed by atoms with Gasteiger partial charge >= 0.3 is 5.97 Å². The van der Waals surface area contributed by atoms with Crippen LogP contribution in [0.3, 0.4) is 0 Å². The lowest BCUT2D eigenvalue weighted by Gasteiger charge is -2.31. The van der Waals surface area contributed by atoms with Gasteiger partial charge in [-0.2, -0.15) is 0 Å². The van der Waals surface area contributed by atoms with Crippen LogP contribution in [-0.4, -0.2) is 30.6 Å². The first kappa shape index (κ1) is 20.3. The zero-order valence-electron chi connectivity index (χ0n) is 15.8. The van der Waals surface area contributed by atoms with Gasteiger partial charge in [0.1, 0.15) is 12.4 Å². The van der Waals surface area contributed by atoms with Crippen LogP contribution >= 0.6 is 12.2 Å². The monoisotopic (exact) mass is 408 g/mol. The standard InChI is InChI=1S/C22H20N2O4S/c1-3-12-28-16-11-7-10-15(13-16)19-17(20(25)21(26)27-2)18(23-22(29)24-19)14-8-5-4-6-9-14/h3-11,13,19H,1,12H2,2H3,(H2,23,24,29)/t19-/m0/s1. The van der Waals surface area contributed by atoms with Crippen molar-refractivity contribution in [2.45, 2.75) is 6.04 Å². The topological polar surface area (TPSA) is 76.7 Å². The molecular weight excluding hydrogens is 388 g/mol. The molecule has 0 fully saturated rings. The van der Waals surface area contributed by atoms with E-state index in [1.807, 2.05) is 42.5 Å². The second-order valence-corrected chi connectivity index (χ2v) is 6.59. The normalized spacial score (nSPS) is 15.8. The van der Waals surface area contributed by atoms with Gasteiger partial charge in [0, 0.05) is 0 Å². The van der Waals surface area contributed by atoms with Crippen LogP contribution in [0.2, 0.25) is 0 Å². The summed E-state index contributed by atoms with van der Waals surface area (Å²) in [5.41, 5.74) is 2.13. The van der Waals surface area contributed by atoms with E-state index in [4.69, 9.17) is 21.7 Å². The fraction of sp³-hybridized carbons (Fsp3) is 0.136. The summed E-state index contributed by atoms with van der Waals surface area (Å²) in [6.07, 6.45) is 1.64. The summed E-state index contributed by atoms with van der Waals surface area (Å²) < 4.78 is 10.3. The lowest BCUT2D eigenvalue weighted by Crippen LogP contribution is -2.46. The Hall–Kier alpha value is -3.45. The van der Waals surface area contributed by atoms with Gasteiger partial charge in [-0.25, -0.2) is 4.79 Å². The number of esters is 1. The van der Waals surface area contributed by atoms with Crippen molar-refractivity contribution in [1.29, 1.82) is 0 Å². The van der Waals surface area contributed by atoms with Gasteiger partial charge in [-0.15, -0.1) is 0 Å². The predicted molar refractivity (Wildman–Crippen MR) is 114 cm³/mol. The number of Topliss-reactive ketones (excluding diaryl/α,β-unsaturated/α-hetero) is 1. The molecule has 0 aromatic heterocycles. The van der Waals surface area contributed by atoms with Crippen molar-refractivity contribution in [3.8, 4) is 5.75 Å². The van der Waals surface area contributed by atoms with Crippen LogP contribution in [0.15, 0.2) is 72.8 Å². The molecule has 0 radical (unpaired) electrons. The van der Waals surface area contributed by atoms with Crippen molar-refractivity contribution < 1.29 is 19.1 Å². The van der Waals surface area contributed by atoms with E-state index in [1.165, 1.54) is 7.11 Å². The van der Waals surface area contributed by atoms with Crippen molar-refractivity contribution in [3.05, 3.63) is 84.0 Å². The summed E-state index contributed by atoms with van der Waals surface area (Å²) >= 11 is 5.37. The van der Waals surface area contributed by atoms with Crippen molar-refractivity contribution in [3.63, 3.8) is 0 Å². The van der Waals surface area contributed by atoms with Gasteiger partial charge in [0.2, 0.25) is 0 Å². The van der Waals surface area contributed by atoms with Crippen LogP contribution in [0.4, 0.5) is 0 Å². The van der Waals surface area contributed by atoms with Crippen molar-refractivity contribution in [1.82, 2.24) is 10.6 Å². The number of thiocarbonyl (C=S) groups is 1. The summed E-state index contributed by atoms with van der Waals surface area (Å²) in [5.74, 6) is -1.09. The van der Waals surface area contributed by atoms with Crippen LogP contribution in [0.25, 0.3) is 5.70 Å². The maximum atomic E-state index is 13.0. The fourth-order valence-corrected chi connectivity index (χ4v) is 3.25. The molecule has 1 aliphatic heterocycles. The number of hydrogen-bond donors (Lipinski definition) is 2. The zero-order valence-corrected chi connectivity index (χ0v) is 16.6. The highest BCUT2D eigenvalue weighted by Crippen LogP contribution is 2.33. The van der Waals surface area contributed by atoms with E-state index in [2.05, 4.69) is 17.2 Å². The number of ether oxygens (including phenoxy) is 2. The molecule has 0 saturated carbocycles. The smallest absolute Gasteiger partial charge is 0.379 e. The molecule has 0 amide bonds. The number of nitrogens with one attached hydrogen (secondary N) is 2. The molecule has 0 unspecified atom stereocenters. The average Bonchev–Trinajstić information content (AvgIpc) is 2.76. The Bertz CT molecular complexity index is 985. The van der Waals surface area contributed by atoms with Crippen molar-refractivity contribution >= 4 is 34.8 Å². The summed E-state index contributed by atoms with van der Waals surface area (Å²) in [7, 11) is 1.18. The number of methoxy groups -OCH3 is 1. The van der Waals surface area contributed by atoms with Gasteiger partial charge in [-0.05, 0) is 35.5 Å². The van der Waals surface area contributed by atoms with E-state index < -0.39 is 17.8 Å². The first-order valence-corrected chi connectivity index (χ1v) is 9.29. The van der Waals surface area contributed by atoms with Crippen LogP contribution in [0, 0.1) is 0 Å². The molecule has 3 rings (SSSR count). The molecule has 2 aromatic carbocycles. The van der Waals surface area contributed by atoms with E-state index >= 15 is 0 Å². The number of benzene rings is 2. The fourth-order valence-electron chi connectivity index (χ4n) is 3.03. The third-order valence-corrected chi connectivity index (χ3v) is 4.53. The first-order valence-electron chi connectivity index (χ1n) is 8.88. The number of carbonyl (C=O) groups is 2. The number of hydrogen-bond acceptors (Lipinski definition) is 5. The van der Waals surface area contributed by atoms with Gasteiger partial charge in [0.05, 0.1) is 24.4 Å². The molecule has 1 aliphatic rings. The van der Waals surface area contributed by atoms with E-state index in [0.717, 1.165) is 11.1 Å². The molecule has 29 heavy (non-hydrogen) atoms. The van der Waals surface area contributed by atoms with Gasteiger partial charge in [0.25, 0.3) is 5.78 Å². The highest BCUT2D eigenvalue weighted by Gasteiger charge is 2.35. The molecule has 148 valence electrons. The maximum Gasteiger partial charge on any atom is 0.379 e. The Labute approximate surface area is 174 Å². The van der Waals surface area contributed by atoms with Crippen LogP contribution in [-0.2, 0) is 14.3 Å². The van der Waals surface area contributed by atoms with E-state index in [9.17, 15) is 9.59 Å². The molecule has 0 saturated heterocycles. The van der Waals surface area contributed by atoms with Gasteiger partial charge < -0.3 is 20.1 Å². The number of rotatable bonds is 7. The lowest BCUT2D eigenvalue weighted by atomic mass is 9.90. The molecule has 0 aliphatic carbocycles. The third-order valence-electron chi connectivity index (χ3n) is 4.31. The SMILES string of the molecule is C=CCOc1cccc([C@@H]2NC(=S)NC(c3ccccc3)=C2C(=O)C(=O)OC)c1. The molecule has 1 heterocycles. The molecule has 6 nitrogen and oxygen atoms in total. The maximum absolute atomic E-state index is 13.0. The number of carbonyl (C=O) groups excluding carboxylic acids is 2. The molecular formula is C22H20N2O4S. The van der Waals surface area contributed by atoms with Gasteiger partial charge in [-0.3, -0.25) is 4.79 Å². The number of ketones is 1. The first-order chi connectivity index (χ1) is 14.0. The van der Waals surface area contributed by atoms with Crippen LogP contribution < -0.4 is 15.4 Å². The highest BCUT2D eigenvalue weighted by molar-refractivity contribution is 7.80. The van der Waals surface area contributed by atoms with E-state index in [-0.39, 0.29) is 5.57 Å². The highest BCUT2D eigenvalue weighted by atomic mass is 32.1. The Kier molecular flexibility index (Phi) is 6.41. The minimum atomic E-state index is -0.950. The largest absolute Gasteiger partial charge is 0.490 e. The molecule has 7 heteroatoms. The van der Waals surface area contributed by atoms with Gasteiger partial charge in [-0.1, -0.05) is 55.1 Å². The summed E-state index contributed by atoms with van der Waals surface area (Å²) in [6, 6.07) is 15.8. The van der Waals surface area contributed by atoms with Crippen LogP contribution in [0.5, 0.6) is 5.75 Å². The lowest BCUT2D eigenvalue weighted by molar-refractivity contribution is -0.150. The summed E-state index contributed by atoms with van der Waals surface area (Å²) in [4.78, 5) is 25.1. The van der Waals surface area contributed by atoms with Gasteiger partial charge in [0.15, 0.2) is 5.11 Å². The Morgan fingerprint density at radius 2 is 1.93 bits per heavy atom. The average molecular weight is 408 g/mol. The van der Waals surface area contributed by atoms with Crippen LogP contribution in [0.1, 0.15) is 17.2 Å². The van der Waals surface area contributed by atoms with E-state index in [1.54, 1.807) is 18.2 Å².